The highest BCUT2D eigenvalue weighted by molar-refractivity contribution is 5.74. The maximum Gasteiger partial charge on any atom is 0.315 e. The minimum Gasteiger partial charge on any atom is -0.338 e. The van der Waals surface area contributed by atoms with E-state index in [4.69, 9.17) is 0 Å². The lowest BCUT2D eigenvalue weighted by molar-refractivity contribution is 0.238. The summed E-state index contributed by atoms with van der Waals surface area (Å²) in [5.41, 5.74) is 0. The fourth-order valence-electron chi connectivity index (χ4n) is 2.00. The Labute approximate surface area is 91.2 Å². The molecule has 0 aromatic rings. The first-order chi connectivity index (χ1) is 7.34. The molecule has 2 rings (SSSR count). The van der Waals surface area contributed by atoms with Gasteiger partial charge in [0.25, 0.3) is 0 Å². The van der Waals surface area contributed by atoms with Crippen molar-refractivity contribution >= 4 is 6.03 Å². The van der Waals surface area contributed by atoms with Crippen molar-refractivity contribution in [1.29, 1.82) is 0 Å². The third kappa shape index (κ3) is 4.08. The summed E-state index contributed by atoms with van der Waals surface area (Å²) in [6.45, 7) is 3.06. The number of urea groups is 1. The zero-order valence-electron chi connectivity index (χ0n) is 9.22. The standard InChI is InChI=1S/C11H21N3O/c15-11(14-10-3-4-10)13-8-9-2-1-6-12-7-5-9/h9-10,12H,1-8H2,(H2,13,14,15). The molecule has 86 valence electrons. The Morgan fingerprint density at radius 1 is 1.20 bits per heavy atom. The third-order valence-corrected chi connectivity index (χ3v) is 3.16. The van der Waals surface area contributed by atoms with Gasteiger partial charge < -0.3 is 16.0 Å². The van der Waals surface area contributed by atoms with E-state index < -0.39 is 0 Å². The van der Waals surface area contributed by atoms with E-state index in [1.807, 2.05) is 0 Å². The first-order valence-electron chi connectivity index (χ1n) is 6.09. The molecule has 1 aliphatic carbocycles. The van der Waals surface area contributed by atoms with Crippen LogP contribution in [0.5, 0.6) is 0 Å². The number of nitrogens with one attached hydrogen (secondary N) is 3. The largest absolute Gasteiger partial charge is 0.338 e. The summed E-state index contributed by atoms with van der Waals surface area (Å²) in [4.78, 5) is 11.4. The lowest BCUT2D eigenvalue weighted by atomic mass is 10.0. The van der Waals surface area contributed by atoms with E-state index in [0.29, 0.717) is 12.0 Å². The highest BCUT2D eigenvalue weighted by Gasteiger charge is 2.23. The van der Waals surface area contributed by atoms with Crippen molar-refractivity contribution in [2.24, 2.45) is 5.92 Å². The number of amides is 2. The van der Waals surface area contributed by atoms with E-state index in [0.717, 1.165) is 32.5 Å². The van der Waals surface area contributed by atoms with Gasteiger partial charge in [-0.15, -0.1) is 0 Å². The van der Waals surface area contributed by atoms with E-state index in [1.54, 1.807) is 0 Å². The molecule has 2 fully saturated rings. The Morgan fingerprint density at radius 2 is 2.07 bits per heavy atom. The van der Waals surface area contributed by atoms with E-state index >= 15 is 0 Å². The molecule has 0 aromatic carbocycles. The number of carbonyl (C=O) groups excluding carboxylic acids is 1. The summed E-state index contributed by atoms with van der Waals surface area (Å²) >= 11 is 0. The number of rotatable bonds is 3. The molecule has 2 amide bonds. The van der Waals surface area contributed by atoms with Crippen LogP contribution in [0, 0.1) is 5.92 Å². The van der Waals surface area contributed by atoms with Crippen molar-refractivity contribution in [3.63, 3.8) is 0 Å². The molecule has 1 aliphatic heterocycles. The minimum atomic E-state index is 0.0229. The molecular weight excluding hydrogens is 190 g/mol. The molecule has 0 aromatic heterocycles. The monoisotopic (exact) mass is 211 g/mol. The predicted octanol–water partition coefficient (Wildman–Crippen LogP) is 0.838. The van der Waals surface area contributed by atoms with Gasteiger partial charge >= 0.3 is 6.03 Å². The van der Waals surface area contributed by atoms with Crippen molar-refractivity contribution < 1.29 is 4.79 Å². The van der Waals surface area contributed by atoms with Crippen molar-refractivity contribution in [2.45, 2.75) is 38.1 Å². The predicted molar refractivity (Wildman–Crippen MR) is 59.8 cm³/mol. The first kappa shape index (κ1) is 10.7. The van der Waals surface area contributed by atoms with Gasteiger partial charge in [0.15, 0.2) is 0 Å². The molecule has 4 heteroatoms. The second kappa shape index (κ2) is 5.35. The fraction of sp³-hybridized carbons (Fsp3) is 0.909. The van der Waals surface area contributed by atoms with Gasteiger partial charge in [0, 0.05) is 12.6 Å². The van der Waals surface area contributed by atoms with Crippen LogP contribution >= 0.6 is 0 Å². The van der Waals surface area contributed by atoms with Gasteiger partial charge in [0.2, 0.25) is 0 Å². The van der Waals surface area contributed by atoms with Crippen LogP contribution in [0.3, 0.4) is 0 Å². The molecule has 15 heavy (non-hydrogen) atoms. The number of carbonyl (C=O) groups is 1. The molecule has 2 aliphatic rings. The highest BCUT2D eigenvalue weighted by atomic mass is 16.2. The third-order valence-electron chi connectivity index (χ3n) is 3.16. The Morgan fingerprint density at radius 3 is 2.87 bits per heavy atom. The fourth-order valence-corrected chi connectivity index (χ4v) is 2.00. The van der Waals surface area contributed by atoms with Crippen LogP contribution in [-0.4, -0.2) is 31.7 Å². The smallest absolute Gasteiger partial charge is 0.315 e. The molecule has 0 radical (unpaired) electrons. The van der Waals surface area contributed by atoms with Gasteiger partial charge in [0.1, 0.15) is 0 Å². The van der Waals surface area contributed by atoms with Gasteiger partial charge in [-0.05, 0) is 51.1 Å². The van der Waals surface area contributed by atoms with Crippen LogP contribution in [0.15, 0.2) is 0 Å². The van der Waals surface area contributed by atoms with Crippen molar-refractivity contribution in [3.05, 3.63) is 0 Å². The summed E-state index contributed by atoms with van der Waals surface area (Å²) in [6.07, 6.45) is 5.96. The Kier molecular flexibility index (Phi) is 3.83. The Hall–Kier alpha value is -0.770. The maximum absolute atomic E-state index is 11.4. The lowest BCUT2D eigenvalue weighted by Gasteiger charge is -2.14. The zero-order chi connectivity index (χ0) is 10.5. The minimum absolute atomic E-state index is 0.0229. The SMILES string of the molecule is O=C(NCC1CCCNCC1)NC1CC1. The Balaban J connectivity index is 1.60. The molecule has 3 N–H and O–H groups in total. The van der Waals surface area contributed by atoms with Crippen LogP contribution in [-0.2, 0) is 0 Å². The van der Waals surface area contributed by atoms with E-state index in [-0.39, 0.29) is 6.03 Å². The van der Waals surface area contributed by atoms with Crippen LogP contribution in [0.1, 0.15) is 32.1 Å². The highest BCUT2D eigenvalue weighted by Crippen LogP contribution is 2.18. The number of hydrogen-bond donors (Lipinski definition) is 3. The molecule has 1 saturated heterocycles. The van der Waals surface area contributed by atoms with Gasteiger partial charge in [-0.3, -0.25) is 0 Å². The summed E-state index contributed by atoms with van der Waals surface area (Å²) < 4.78 is 0. The molecule has 4 nitrogen and oxygen atoms in total. The zero-order valence-corrected chi connectivity index (χ0v) is 9.22. The van der Waals surface area contributed by atoms with Crippen LogP contribution in [0.2, 0.25) is 0 Å². The lowest BCUT2D eigenvalue weighted by Crippen LogP contribution is -2.39. The van der Waals surface area contributed by atoms with Crippen molar-refractivity contribution in [3.8, 4) is 0 Å². The van der Waals surface area contributed by atoms with E-state index in [9.17, 15) is 4.79 Å². The summed E-state index contributed by atoms with van der Waals surface area (Å²) in [5, 5.41) is 9.30. The second-order valence-electron chi connectivity index (χ2n) is 4.68. The molecule has 0 spiro atoms. The van der Waals surface area contributed by atoms with Crippen molar-refractivity contribution in [1.82, 2.24) is 16.0 Å². The van der Waals surface area contributed by atoms with E-state index in [1.165, 1.54) is 19.3 Å². The van der Waals surface area contributed by atoms with Gasteiger partial charge in [-0.1, -0.05) is 0 Å². The average molecular weight is 211 g/mol. The van der Waals surface area contributed by atoms with Gasteiger partial charge in [0.05, 0.1) is 0 Å². The summed E-state index contributed by atoms with van der Waals surface area (Å²) in [5.74, 6) is 0.657. The summed E-state index contributed by atoms with van der Waals surface area (Å²) in [7, 11) is 0. The molecule has 0 bridgehead atoms. The molecule has 1 heterocycles. The normalized spacial score (nSPS) is 26.8. The molecular formula is C11H21N3O. The quantitative estimate of drug-likeness (QED) is 0.648. The first-order valence-corrected chi connectivity index (χ1v) is 6.09. The molecule has 1 atom stereocenters. The van der Waals surface area contributed by atoms with Gasteiger partial charge in [-0.2, -0.15) is 0 Å². The summed E-state index contributed by atoms with van der Waals surface area (Å²) in [6, 6.07) is 0.482. The van der Waals surface area contributed by atoms with Gasteiger partial charge in [-0.25, -0.2) is 4.79 Å². The van der Waals surface area contributed by atoms with Crippen LogP contribution < -0.4 is 16.0 Å². The molecule has 1 unspecified atom stereocenters. The van der Waals surface area contributed by atoms with Crippen LogP contribution in [0.25, 0.3) is 0 Å². The number of hydrogen-bond acceptors (Lipinski definition) is 2. The second-order valence-corrected chi connectivity index (χ2v) is 4.68. The Bertz CT molecular complexity index is 208. The maximum atomic E-state index is 11.4. The van der Waals surface area contributed by atoms with Crippen LogP contribution in [0.4, 0.5) is 4.79 Å². The van der Waals surface area contributed by atoms with Crippen molar-refractivity contribution in [2.75, 3.05) is 19.6 Å². The topological polar surface area (TPSA) is 53.2 Å². The molecule has 1 saturated carbocycles. The average Bonchev–Trinajstić information content (AvgIpc) is 3.01. The van der Waals surface area contributed by atoms with E-state index in [2.05, 4.69) is 16.0 Å².